The second kappa shape index (κ2) is 8.22. The van der Waals surface area contributed by atoms with Gasteiger partial charge in [-0.15, -0.1) is 0 Å². The lowest BCUT2D eigenvalue weighted by Crippen LogP contribution is -2.33. The number of rotatable bonds is 7. The lowest BCUT2D eigenvalue weighted by molar-refractivity contribution is -0.120. The quantitative estimate of drug-likeness (QED) is 0.607. The van der Waals surface area contributed by atoms with E-state index >= 15 is 0 Å². The number of hydrogen-bond donors (Lipinski definition) is 3. The third kappa shape index (κ3) is 4.23. The van der Waals surface area contributed by atoms with Gasteiger partial charge in [0.1, 0.15) is 11.8 Å². The van der Waals surface area contributed by atoms with E-state index < -0.39 is 11.9 Å². The molecule has 3 aromatic rings. The molecule has 0 aliphatic rings. The maximum Gasteiger partial charge on any atom is 0.239 e. The number of nitrogens with one attached hydrogen (secondary N) is 1. The molecule has 26 heavy (non-hydrogen) atoms. The maximum atomic E-state index is 11.9. The third-order valence-corrected chi connectivity index (χ3v) is 4.18. The molecule has 1 aromatic carbocycles. The summed E-state index contributed by atoms with van der Waals surface area (Å²) in [7, 11) is 0. The summed E-state index contributed by atoms with van der Waals surface area (Å²) in [5.74, 6) is -0.508. The monoisotopic (exact) mass is 348 g/mol. The molecule has 0 radical (unpaired) electrons. The first-order valence-corrected chi connectivity index (χ1v) is 8.26. The van der Waals surface area contributed by atoms with Crippen LogP contribution < -0.4 is 11.1 Å². The number of para-hydroxylation sites is 1. The fourth-order valence-corrected chi connectivity index (χ4v) is 2.82. The van der Waals surface area contributed by atoms with E-state index in [0.717, 1.165) is 16.7 Å². The number of hydrogen-bond acceptors (Lipinski definition) is 5. The molecule has 4 N–H and O–H groups in total. The second-order valence-corrected chi connectivity index (χ2v) is 5.95. The van der Waals surface area contributed by atoms with Gasteiger partial charge in [-0.2, -0.15) is 0 Å². The Bertz CT molecular complexity index is 884. The highest BCUT2D eigenvalue weighted by molar-refractivity contribution is 5.82. The summed E-state index contributed by atoms with van der Waals surface area (Å²) in [6.07, 6.45) is 7.75. The van der Waals surface area contributed by atoms with E-state index in [1.807, 2.05) is 24.4 Å². The number of primary amides is 1. The SMILES string of the molecule is NC(=O)C(NCc1ccncc1Cc1ccncc1)c1ccccc1O. The highest BCUT2D eigenvalue weighted by atomic mass is 16.3. The first-order valence-electron chi connectivity index (χ1n) is 8.26. The van der Waals surface area contributed by atoms with Crippen LogP contribution in [0.4, 0.5) is 0 Å². The van der Waals surface area contributed by atoms with E-state index in [9.17, 15) is 9.90 Å². The van der Waals surface area contributed by atoms with Crippen molar-refractivity contribution in [2.75, 3.05) is 0 Å². The molecule has 2 heterocycles. The summed E-state index contributed by atoms with van der Waals surface area (Å²) in [6, 6.07) is 11.7. The number of aromatic nitrogens is 2. The fraction of sp³-hybridized carbons (Fsp3) is 0.150. The third-order valence-electron chi connectivity index (χ3n) is 4.18. The van der Waals surface area contributed by atoms with E-state index in [1.165, 1.54) is 6.07 Å². The number of phenolic OH excluding ortho intramolecular Hbond substituents is 1. The molecule has 1 amide bonds. The van der Waals surface area contributed by atoms with Gasteiger partial charge in [-0.1, -0.05) is 18.2 Å². The van der Waals surface area contributed by atoms with Crippen LogP contribution >= 0.6 is 0 Å². The van der Waals surface area contributed by atoms with Gasteiger partial charge in [-0.25, -0.2) is 0 Å². The molecule has 6 nitrogen and oxygen atoms in total. The van der Waals surface area contributed by atoms with Crippen molar-refractivity contribution in [3.8, 4) is 5.75 Å². The van der Waals surface area contributed by atoms with Crippen molar-refractivity contribution >= 4 is 5.91 Å². The molecule has 0 saturated carbocycles. The summed E-state index contributed by atoms with van der Waals surface area (Å²) in [6.45, 7) is 0.422. The van der Waals surface area contributed by atoms with E-state index in [1.54, 1.807) is 36.8 Å². The summed E-state index contributed by atoms with van der Waals surface area (Å²) >= 11 is 0. The maximum absolute atomic E-state index is 11.9. The van der Waals surface area contributed by atoms with Crippen LogP contribution in [0.2, 0.25) is 0 Å². The van der Waals surface area contributed by atoms with Gasteiger partial charge in [0.25, 0.3) is 0 Å². The normalized spacial score (nSPS) is 11.8. The van der Waals surface area contributed by atoms with E-state index in [2.05, 4.69) is 15.3 Å². The highest BCUT2D eigenvalue weighted by Gasteiger charge is 2.20. The summed E-state index contributed by atoms with van der Waals surface area (Å²) in [4.78, 5) is 20.1. The van der Waals surface area contributed by atoms with Gasteiger partial charge in [0.05, 0.1) is 0 Å². The van der Waals surface area contributed by atoms with Gasteiger partial charge in [0.2, 0.25) is 5.91 Å². The van der Waals surface area contributed by atoms with Crippen molar-refractivity contribution in [2.24, 2.45) is 5.73 Å². The minimum atomic E-state index is -0.779. The van der Waals surface area contributed by atoms with Gasteiger partial charge >= 0.3 is 0 Å². The standard InChI is InChI=1S/C20H20N4O2/c21-20(26)19(17-3-1-2-4-18(17)25)24-13-15-7-10-23-12-16(15)11-14-5-8-22-9-6-14/h1-10,12,19,24-25H,11,13H2,(H2,21,26). The van der Waals surface area contributed by atoms with Crippen LogP contribution in [0.15, 0.2) is 67.3 Å². The molecule has 0 aliphatic heterocycles. The Balaban J connectivity index is 1.78. The van der Waals surface area contributed by atoms with Crippen molar-refractivity contribution in [1.82, 2.24) is 15.3 Å². The first-order chi connectivity index (χ1) is 12.6. The number of nitrogens with two attached hydrogens (primary N) is 1. The molecule has 0 fully saturated rings. The van der Waals surface area contributed by atoms with Gasteiger partial charge < -0.3 is 10.8 Å². The number of pyridine rings is 2. The molecule has 1 unspecified atom stereocenters. The summed E-state index contributed by atoms with van der Waals surface area (Å²) in [5, 5.41) is 13.2. The molecule has 1 atom stereocenters. The van der Waals surface area contributed by atoms with Crippen LogP contribution in [0, 0.1) is 0 Å². The molecule has 0 spiro atoms. The zero-order chi connectivity index (χ0) is 18.4. The Morgan fingerprint density at radius 1 is 1.04 bits per heavy atom. The van der Waals surface area contributed by atoms with E-state index in [4.69, 9.17) is 5.73 Å². The first kappa shape index (κ1) is 17.6. The number of nitrogens with zero attached hydrogens (tertiary/aromatic N) is 2. The molecule has 2 aromatic heterocycles. The molecule has 3 rings (SSSR count). The van der Waals surface area contributed by atoms with E-state index in [0.29, 0.717) is 18.5 Å². The zero-order valence-electron chi connectivity index (χ0n) is 14.2. The van der Waals surface area contributed by atoms with Gasteiger partial charge in [-0.05, 0) is 47.4 Å². The molecule has 6 heteroatoms. The minimum Gasteiger partial charge on any atom is -0.508 e. The van der Waals surface area contributed by atoms with Crippen molar-refractivity contribution < 1.29 is 9.90 Å². The molecular weight excluding hydrogens is 328 g/mol. The summed E-state index contributed by atoms with van der Waals surface area (Å²) in [5.41, 5.74) is 9.18. The highest BCUT2D eigenvalue weighted by Crippen LogP contribution is 2.24. The average Bonchev–Trinajstić information content (AvgIpc) is 2.65. The number of phenols is 1. The topological polar surface area (TPSA) is 101 Å². The minimum absolute atomic E-state index is 0.0375. The predicted molar refractivity (Wildman–Crippen MR) is 98.2 cm³/mol. The molecule has 0 saturated heterocycles. The lowest BCUT2D eigenvalue weighted by Gasteiger charge is -2.18. The Hall–Kier alpha value is -3.25. The van der Waals surface area contributed by atoms with Crippen molar-refractivity contribution in [2.45, 2.75) is 19.0 Å². The van der Waals surface area contributed by atoms with Gasteiger partial charge in [0.15, 0.2) is 0 Å². The smallest absolute Gasteiger partial charge is 0.239 e. The molecule has 0 bridgehead atoms. The molecule has 0 aliphatic carbocycles. The Labute approximate surface area is 151 Å². The Morgan fingerprint density at radius 3 is 2.50 bits per heavy atom. The van der Waals surface area contributed by atoms with Crippen LogP contribution in [0.5, 0.6) is 5.75 Å². The van der Waals surface area contributed by atoms with E-state index in [-0.39, 0.29) is 5.75 Å². The zero-order valence-corrected chi connectivity index (χ0v) is 14.2. The van der Waals surface area contributed by atoms with Crippen molar-refractivity contribution in [3.63, 3.8) is 0 Å². The van der Waals surface area contributed by atoms with Crippen LogP contribution in [0.25, 0.3) is 0 Å². The van der Waals surface area contributed by atoms with Crippen LogP contribution in [0.3, 0.4) is 0 Å². The number of amides is 1. The van der Waals surface area contributed by atoms with Gasteiger partial charge in [0, 0.05) is 36.9 Å². The second-order valence-electron chi connectivity index (χ2n) is 5.95. The van der Waals surface area contributed by atoms with Crippen LogP contribution in [-0.4, -0.2) is 21.0 Å². The largest absolute Gasteiger partial charge is 0.508 e. The number of benzene rings is 1. The Kier molecular flexibility index (Phi) is 5.56. The van der Waals surface area contributed by atoms with Crippen LogP contribution in [0.1, 0.15) is 28.3 Å². The average molecular weight is 348 g/mol. The van der Waals surface area contributed by atoms with Gasteiger partial charge in [-0.3, -0.25) is 20.1 Å². The number of carbonyl (C=O) groups is 1. The summed E-state index contributed by atoms with van der Waals surface area (Å²) < 4.78 is 0. The molecular formula is C20H20N4O2. The lowest BCUT2D eigenvalue weighted by atomic mass is 10.0. The van der Waals surface area contributed by atoms with Crippen molar-refractivity contribution in [3.05, 3.63) is 89.5 Å². The number of carbonyl (C=O) groups excluding carboxylic acids is 1. The predicted octanol–water partition coefficient (Wildman–Crippen LogP) is 2.09. The Morgan fingerprint density at radius 2 is 1.77 bits per heavy atom. The fourth-order valence-electron chi connectivity index (χ4n) is 2.82. The molecule has 132 valence electrons. The number of aromatic hydroxyl groups is 1. The van der Waals surface area contributed by atoms with Crippen molar-refractivity contribution in [1.29, 1.82) is 0 Å². The van der Waals surface area contributed by atoms with Crippen LogP contribution in [-0.2, 0) is 17.8 Å².